The molecule has 0 radical (unpaired) electrons. The van der Waals surface area contributed by atoms with Crippen LogP contribution in [-0.4, -0.2) is 79.0 Å². The number of carbonyl (C=O) groups excluding carboxylic acids is 3. The topological polar surface area (TPSA) is 232 Å². The fraction of sp³-hybridized carbons (Fsp3) is 0.429. The number of fused-ring (bicyclic) bond motifs is 1. The highest BCUT2D eigenvalue weighted by molar-refractivity contribution is 5.94. The zero-order chi connectivity index (χ0) is 30.8. The van der Waals surface area contributed by atoms with Crippen LogP contribution >= 0.6 is 0 Å². The first-order valence-corrected chi connectivity index (χ1v) is 13.6. The summed E-state index contributed by atoms with van der Waals surface area (Å²) in [4.78, 5) is 72.6. The Kier molecular flexibility index (Phi) is 11.2. The number of H-pyrrole nitrogens is 2. The summed E-state index contributed by atoms with van der Waals surface area (Å²) in [7, 11) is 0. The van der Waals surface area contributed by atoms with E-state index < -0.39 is 60.2 Å². The van der Waals surface area contributed by atoms with Crippen molar-refractivity contribution in [2.24, 2.45) is 11.7 Å². The summed E-state index contributed by atoms with van der Waals surface area (Å²) in [6.07, 6.45) is 4.06. The maximum Gasteiger partial charge on any atom is 0.326 e. The van der Waals surface area contributed by atoms with Gasteiger partial charge in [-0.15, -0.1) is 0 Å². The third-order valence-corrected chi connectivity index (χ3v) is 6.67. The molecule has 3 rings (SSSR count). The average molecular weight is 584 g/mol. The smallest absolute Gasteiger partial charge is 0.326 e. The Morgan fingerprint density at radius 3 is 2.21 bits per heavy atom. The molecule has 0 aliphatic heterocycles. The second-order valence-corrected chi connectivity index (χ2v) is 10.5. The van der Waals surface area contributed by atoms with Crippen LogP contribution in [0.4, 0.5) is 0 Å². The fourth-order valence-corrected chi connectivity index (χ4v) is 4.52. The Hall–Kier alpha value is -4.72. The van der Waals surface area contributed by atoms with Gasteiger partial charge in [-0.25, -0.2) is 9.78 Å². The first-order valence-electron chi connectivity index (χ1n) is 13.6. The van der Waals surface area contributed by atoms with Crippen molar-refractivity contribution in [1.29, 1.82) is 0 Å². The number of hydrogen-bond donors (Lipinski definition) is 8. The van der Waals surface area contributed by atoms with Crippen LogP contribution in [-0.2, 0) is 36.8 Å². The summed E-state index contributed by atoms with van der Waals surface area (Å²) in [6.45, 7) is 3.76. The summed E-state index contributed by atoms with van der Waals surface area (Å²) >= 11 is 0. The molecule has 0 saturated carbocycles. The minimum Gasteiger partial charge on any atom is -0.481 e. The van der Waals surface area contributed by atoms with E-state index in [0.717, 1.165) is 10.9 Å². The van der Waals surface area contributed by atoms with E-state index >= 15 is 0 Å². The molecular weight excluding hydrogens is 546 g/mol. The van der Waals surface area contributed by atoms with Crippen molar-refractivity contribution in [3.05, 3.63) is 54.2 Å². The lowest BCUT2D eigenvalue weighted by Crippen LogP contribution is -2.58. The number of nitrogens with zero attached hydrogens (tertiary/aromatic N) is 1. The monoisotopic (exact) mass is 583 g/mol. The zero-order valence-electron chi connectivity index (χ0n) is 23.4. The van der Waals surface area contributed by atoms with Gasteiger partial charge in [0.2, 0.25) is 17.7 Å². The van der Waals surface area contributed by atoms with Crippen molar-refractivity contribution in [2.45, 2.75) is 70.1 Å². The van der Waals surface area contributed by atoms with E-state index in [0.29, 0.717) is 17.7 Å². The molecule has 4 unspecified atom stereocenters. The molecule has 2 heterocycles. The quantitative estimate of drug-likeness (QED) is 0.117. The summed E-state index contributed by atoms with van der Waals surface area (Å²) in [6, 6.07) is 2.51. The Balaban J connectivity index is 1.79. The number of aromatic nitrogens is 3. The Morgan fingerprint density at radius 1 is 0.905 bits per heavy atom. The molecule has 2 aromatic heterocycles. The molecule has 1 aromatic carbocycles. The molecule has 0 saturated heterocycles. The minimum atomic E-state index is -1.32. The molecule has 0 fully saturated rings. The molecule has 42 heavy (non-hydrogen) atoms. The van der Waals surface area contributed by atoms with Gasteiger partial charge in [-0.3, -0.25) is 19.2 Å². The average Bonchev–Trinajstić information content (AvgIpc) is 3.59. The number of nitrogens with one attached hydrogen (secondary N) is 5. The number of carbonyl (C=O) groups is 5. The predicted molar refractivity (Wildman–Crippen MR) is 152 cm³/mol. The second kappa shape index (κ2) is 14.8. The van der Waals surface area contributed by atoms with E-state index in [1.807, 2.05) is 38.1 Å². The molecule has 0 aliphatic rings. The van der Waals surface area contributed by atoms with Crippen molar-refractivity contribution in [2.75, 3.05) is 0 Å². The van der Waals surface area contributed by atoms with E-state index in [-0.39, 0.29) is 25.2 Å². The van der Waals surface area contributed by atoms with E-state index in [1.165, 1.54) is 12.5 Å². The molecule has 0 aliphatic carbocycles. The summed E-state index contributed by atoms with van der Waals surface area (Å²) in [5, 5.41) is 27.4. The van der Waals surface area contributed by atoms with Crippen molar-refractivity contribution in [3.8, 4) is 0 Å². The number of amides is 3. The Morgan fingerprint density at radius 2 is 1.57 bits per heavy atom. The minimum absolute atomic E-state index is 0.0269. The van der Waals surface area contributed by atoms with Gasteiger partial charge in [0.25, 0.3) is 0 Å². The van der Waals surface area contributed by atoms with Gasteiger partial charge >= 0.3 is 11.9 Å². The molecular formula is C28H37N7O7. The second-order valence-electron chi connectivity index (χ2n) is 10.5. The first-order chi connectivity index (χ1) is 19.9. The van der Waals surface area contributed by atoms with Gasteiger partial charge in [-0.2, -0.15) is 0 Å². The molecule has 0 bridgehead atoms. The van der Waals surface area contributed by atoms with Crippen LogP contribution in [0.15, 0.2) is 43.0 Å². The molecule has 3 amide bonds. The number of rotatable bonds is 16. The van der Waals surface area contributed by atoms with Crippen molar-refractivity contribution in [1.82, 2.24) is 30.9 Å². The summed E-state index contributed by atoms with van der Waals surface area (Å²) < 4.78 is 0. The molecule has 14 nitrogen and oxygen atoms in total. The van der Waals surface area contributed by atoms with Crippen LogP contribution < -0.4 is 21.7 Å². The number of hydrogen-bond acceptors (Lipinski definition) is 7. The van der Waals surface area contributed by atoms with Crippen molar-refractivity contribution in [3.63, 3.8) is 0 Å². The number of para-hydroxylation sites is 1. The summed E-state index contributed by atoms with van der Waals surface area (Å²) in [5.74, 6) is -4.58. The lowest BCUT2D eigenvalue weighted by molar-refractivity contribution is -0.142. The molecule has 226 valence electrons. The first kappa shape index (κ1) is 31.8. The highest BCUT2D eigenvalue weighted by Crippen LogP contribution is 2.19. The van der Waals surface area contributed by atoms with Crippen LogP contribution in [0.2, 0.25) is 0 Å². The lowest BCUT2D eigenvalue weighted by atomic mass is 10.0. The maximum atomic E-state index is 13.4. The van der Waals surface area contributed by atoms with E-state index in [2.05, 4.69) is 30.9 Å². The number of imidazole rings is 1. The summed E-state index contributed by atoms with van der Waals surface area (Å²) in [5.41, 5.74) is 7.92. The molecule has 0 spiro atoms. The highest BCUT2D eigenvalue weighted by atomic mass is 16.4. The molecule has 14 heteroatoms. The van der Waals surface area contributed by atoms with Gasteiger partial charge in [-0.05, 0) is 30.4 Å². The van der Waals surface area contributed by atoms with E-state index in [1.54, 1.807) is 6.20 Å². The number of aromatic amines is 2. The molecule has 3 aromatic rings. The van der Waals surface area contributed by atoms with Gasteiger partial charge in [0.05, 0.1) is 12.4 Å². The van der Waals surface area contributed by atoms with Crippen LogP contribution in [0.5, 0.6) is 0 Å². The van der Waals surface area contributed by atoms with Gasteiger partial charge < -0.3 is 41.9 Å². The third kappa shape index (κ3) is 9.16. The number of nitrogens with two attached hydrogens (primary N) is 1. The Bertz CT molecular complexity index is 1390. The third-order valence-electron chi connectivity index (χ3n) is 6.67. The largest absolute Gasteiger partial charge is 0.481 e. The lowest BCUT2D eigenvalue weighted by Gasteiger charge is -2.25. The van der Waals surface area contributed by atoms with Crippen LogP contribution in [0.3, 0.4) is 0 Å². The van der Waals surface area contributed by atoms with Crippen molar-refractivity contribution < 1.29 is 34.2 Å². The number of carboxylic acid groups (broad SMARTS) is 2. The predicted octanol–water partition coefficient (Wildman–Crippen LogP) is 0.453. The number of carboxylic acids is 2. The SMILES string of the molecule is CC(C)CC(N)C(=O)NC(CCC(=O)O)C(=O)NC(Cc1cnc[nH]1)C(=O)NC(Cc1c[nH]c2ccccc12)C(=O)O. The van der Waals surface area contributed by atoms with Crippen LogP contribution in [0.1, 0.15) is 44.4 Å². The zero-order valence-corrected chi connectivity index (χ0v) is 23.4. The van der Waals surface area contributed by atoms with E-state index in [4.69, 9.17) is 10.8 Å². The number of benzene rings is 1. The van der Waals surface area contributed by atoms with Gasteiger partial charge in [0, 0.05) is 48.3 Å². The normalized spacial score (nSPS) is 14.1. The van der Waals surface area contributed by atoms with Crippen LogP contribution in [0, 0.1) is 5.92 Å². The standard InChI is InChI=1S/C28H37N7O7/c1-15(2)9-19(29)25(38)33-21(7-8-24(36)37)26(39)34-22(11-17-13-30-14-32-17)27(40)35-23(28(41)42)10-16-12-31-20-6-4-3-5-18(16)20/h3-6,12-15,19,21-23,31H,7-11,29H2,1-2H3,(H,30,32)(H,33,38)(H,34,39)(H,35,40)(H,36,37)(H,41,42). The maximum absolute atomic E-state index is 13.4. The van der Waals surface area contributed by atoms with Gasteiger partial charge in [0.1, 0.15) is 18.1 Å². The number of aliphatic carboxylic acids is 2. The van der Waals surface area contributed by atoms with Gasteiger partial charge in [-0.1, -0.05) is 32.0 Å². The Labute approximate surface area is 241 Å². The molecule has 4 atom stereocenters. The van der Waals surface area contributed by atoms with Crippen LogP contribution in [0.25, 0.3) is 10.9 Å². The van der Waals surface area contributed by atoms with Crippen molar-refractivity contribution >= 4 is 40.6 Å². The van der Waals surface area contributed by atoms with Gasteiger partial charge in [0.15, 0.2) is 0 Å². The fourth-order valence-electron chi connectivity index (χ4n) is 4.52. The highest BCUT2D eigenvalue weighted by Gasteiger charge is 2.31. The van der Waals surface area contributed by atoms with E-state index in [9.17, 15) is 29.1 Å². The molecule has 9 N–H and O–H groups in total.